The highest BCUT2D eigenvalue weighted by atomic mass is 35.5. The van der Waals surface area contributed by atoms with Crippen LogP contribution in [0.1, 0.15) is 35.8 Å². The van der Waals surface area contributed by atoms with Gasteiger partial charge < -0.3 is 15.6 Å². The number of imidazole rings is 1. The smallest absolute Gasteiger partial charge is 0.255 e. The van der Waals surface area contributed by atoms with Gasteiger partial charge in [-0.05, 0) is 62.7 Å². The summed E-state index contributed by atoms with van der Waals surface area (Å²) in [7, 11) is 0. The second-order valence-electron chi connectivity index (χ2n) is 5.98. The number of benzene rings is 2. The molecule has 0 atom stereocenters. The maximum Gasteiger partial charge on any atom is 0.255 e. The first-order valence-corrected chi connectivity index (χ1v) is 7.60. The lowest BCUT2D eigenvalue weighted by Crippen LogP contribution is -2.13. The molecule has 0 aliphatic heterocycles. The third kappa shape index (κ3) is 4.24. The van der Waals surface area contributed by atoms with Crippen molar-refractivity contribution < 1.29 is 4.79 Å². The van der Waals surface area contributed by atoms with Crippen LogP contribution in [0.5, 0.6) is 0 Å². The Labute approximate surface area is 159 Å². The Balaban J connectivity index is 0.00000156. The molecule has 0 saturated carbocycles. The molecule has 0 aliphatic carbocycles. The lowest BCUT2D eigenvalue weighted by Gasteiger charge is -2.10. The second kappa shape index (κ2) is 8.23. The number of fused-ring (bicyclic) bond motifs is 1. The van der Waals surface area contributed by atoms with Crippen LogP contribution in [0.4, 0.5) is 11.4 Å². The van der Waals surface area contributed by atoms with E-state index in [1.807, 2.05) is 37.3 Å². The van der Waals surface area contributed by atoms with Crippen molar-refractivity contribution in [1.29, 1.82) is 0 Å². The van der Waals surface area contributed by atoms with Gasteiger partial charge in [0, 0.05) is 23.0 Å². The number of amides is 1. The van der Waals surface area contributed by atoms with Crippen molar-refractivity contribution in [2.24, 2.45) is 0 Å². The van der Waals surface area contributed by atoms with Crippen LogP contribution >= 0.6 is 24.8 Å². The van der Waals surface area contributed by atoms with E-state index in [1.54, 1.807) is 12.4 Å². The lowest BCUT2D eigenvalue weighted by molar-refractivity contribution is 0.102. The van der Waals surface area contributed by atoms with E-state index in [2.05, 4.69) is 28.7 Å². The van der Waals surface area contributed by atoms with E-state index in [-0.39, 0.29) is 30.7 Å². The average molecular weight is 381 g/mol. The summed E-state index contributed by atoms with van der Waals surface area (Å²) in [5.74, 6) is -0.154. The van der Waals surface area contributed by atoms with Gasteiger partial charge >= 0.3 is 0 Å². The van der Waals surface area contributed by atoms with Crippen molar-refractivity contribution in [2.75, 3.05) is 11.1 Å². The fourth-order valence-electron chi connectivity index (χ4n) is 2.61. The van der Waals surface area contributed by atoms with E-state index in [9.17, 15) is 4.79 Å². The summed E-state index contributed by atoms with van der Waals surface area (Å²) >= 11 is 0. The van der Waals surface area contributed by atoms with Crippen LogP contribution in [0.3, 0.4) is 0 Å². The van der Waals surface area contributed by atoms with Gasteiger partial charge in [-0.25, -0.2) is 4.98 Å². The predicted molar refractivity (Wildman–Crippen MR) is 108 cm³/mol. The van der Waals surface area contributed by atoms with Crippen LogP contribution in [0, 0.1) is 6.92 Å². The zero-order valence-corrected chi connectivity index (χ0v) is 15.9. The number of hydrogen-bond acceptors (Lipinski definition) is 3. The summed E-state index contributed by atoms with van der Waals surface area (Å²) in [4.78, 5) is 16.8. The molecule has 134 valence electrons. The quantitative estimate of drug-likeness (QED) is 0.651. The minimum Gasteiger partial charge on any atom is -0.399 e. The minimum atomic E-state index is -0.154. The Kier molecular flexibility index (Phi) is 6.85. The normalized spacial score (nSPS) is 10.2. The number of anilines is 2. The van der Waals surface area contributed by atoms with Crippen LogP contribution in [-0.2, 0) is 0 Å². The summed E-state index contributed by atoms with van der Waals surface area (Å²) in [5, 5.41) is 2.92. The standard InChI is InChI=1S/C18H20N4O.2ClH/c1-11(2)22-10-20-16-9-13(4-7-17(16)22)18(23)21-15-6-5-14(19)8-12(15)3;;/h4-11H,19H2,1-3H3,(H,21,23);2*1H. The number of hydrogen-bond donors (Lipinski definition) is 2. The van der Waals surface area contributed by atoms with Gasteiger partial charge in [-0.1, -0.05) is 0 Å². The van der Waals surface area contributed by atoms with Gasteiger partial charge in [-0.3, -0.25) is 4.79 Å². The number of aromatic nitrogens is 2. The Hall–Kier alpha value is -2.24. The van der Waals surface area contributed by atoms with Crippen molar-refractivity contribution in [1.82, 2.24) is 9.55 Å². The number of aryl methyl sites for hydroxylation is 1. The third-order valence-corrected chi connectivity index (χ3v) is 3.89. The van der Waals surface area contributed by atoms with Crippen LogP contribution in [0.15, 0.2) is 42.7 Å². The second-order valence-corrected chi connectivity index (χ2v) is 5.98. The number of carbonyl (C=O) groups excluding carboxylic acids is 1. The summed E-state index contributed by atoms with van der Waals surface area (Å²) < 4.78 is 2.08. The first-order valence-electron chi connectivity index (χ1n) is 7.60. The topological polar surface area (TPSA) is 72.9 Å². The van der Waals surface area contributed by atoms with Gasteiger partial charge in [0.25, 0.3) is 5.91 Å². The molecule has 3 N–H and O–H groups in total. The lowest BCUT2D eigenvalue weighted by atomic mass is 10.1. The Morgan fingerprint density at radius 1 is 1.16 bits per heavy atom. The predicted octanol–water partition coefficient (Wildman–Crippen LogP) is 4.60. The summed E-state index contributed by atoms with van der Waals surface area (Å²) in [6.45, 7) is 6.12. The molecule has 0 saturated heterocycles. The fourth-order valence-corrected chi connectivity index (χ4v) is 2.61. The van der Waals surface area contributed by atoms with E-state index < -0.39 is 0 Å². The molecule has 5 nitrogen and oxygen atoms in total. The largest absolute Gasteiger partial charge is 0.399 e. The van der Waals surface area contributed by atoms with Gasteiger partial charge in [-0.15, -0.1) is 24.8 Å². The molecule has 1 amide bonds. The maximum absolute atomic E-state index is 12.5. The Morgan fingerprint density at radius 3 is 2.52 bits per heavy atom. The van der Waals surface area contributed by atoms with Gasteiger partial charge in [0.1, 0.15) is 0 Å². The summed E-state index contributed by atoms with van der Waals surface area (Å²) in [5.41, 5.74) is 10.5. The molecule has 2 aromatic carbocycles. The number of carbonyl (C=O) groups is 1. The molecule has 3 rings (SSSR count). The number of nitrogens with zero attached hydrogens (tertiary/aromatic N) is 2. The van der Waals surface area contributed by atoms with Crippen molar-refractivity contribution >= 4 is 53.1 Å². The van der Waals surface area contributed by atoms with Crippen LogP contribution in [0.2, 0.25) is 0 Å². The molecule has 25 heavy (non-hydrogen) atoms. The first kappa shape index (κ1) is 20.8. The molecule has 3 aromatic rings. The maximum atomic E-state index is 12.5. The zero-order valence-electron chi connectivity index (χ0n) is 14.3. The van der Waals surface area contributed by atoms with Crippen LogP contribution in [-0.4, -0.2) is 15.5 Å². The molecule has 0 spiro atoms. The first-order chi connectivity index (χ1) is 11.0. The molecule has 0 fully saturated rings. The molecule has 1 heterocycles. The highest BCUT2D eigenvalue weighted by molar-refractivity contribution is 6.06. The van der Waals surface area contributed by atoms with E-state index in [4.69, 9.17) is 5.73 Å². The Morgan fingerprint density at radius 2 is 1.88 bits per heavy atom. The van der Waals surface area contributed by atoms with Crippen molar-refractivity contribution in [2.45, 2.75) is 26.8 Å². The van der Waals surface area contributed by atoms with E-state index in [0.717, 1.165) is 22.3 Å². The van der Waals surface area contributed by atoms with Gasteiger partial charge in [0.05, 0.1) is 17.4 Å². The van der Waals surface area contributed by atoms with E-state index in [0.29, 0.717) is 17.3 Å². The minimum absolute atomic E-state index is 0. The molecule has 0 aliphatic rings. The van der Waals surface area contributed by atoms with Crippen LogP contribution in [0.25, 0.3) is 11.0 Å². The number of nitrogens with one attached hydrogen (secondary N) is 1. The van der Waals surface area contributed by atoms with Gasteiger partial charge in [0.2, 0.25) is 0 Å². The third-order valence-electron chi connectivity index (χ3n) is 3.89. The molecule has 1 aromatic heterocycles. The SMILES string of the molecule is Cc1cc(N)ccc1NC(=O)c1ccc2c(c1)ncn2C(C)C.Cl.Cl. The fraction of sp³-hybridized carbons (Fsp3) is 0.222. The van der Waals surface area contributed by atoms with Gasteiger partial charge in [-0.2, -0.15) is 0 Å². The average Bonchev–Trinajstić information content (AvgIpc) is 2.93. The number of halogens is 2. The molecule has 7 heteroatoms. The number of nitrogens with two attached hydrogens (primary N) is 1. The monoisotopic (exact) mass is 380 g/mol. The number of nitrogen functional groups attached to an aromatic ring is 1. The van der Waals surface area contributed by atoms with Gasteiger partial charge in [0.15, 0.2) is 0 Å². The number of rotatable bonds is 3. The molecule has 0 radical (unpaired) electrons. The van der Waals surface area contributed by atoms with Crippen molar-refractivity contribution in [3.05, 3.63) is 53.9 Å². The summed E-state index contributed by atoms with van der Waals surface area (Å²) in [6.07, 6.45) is 1.81. The van der Waals surface area contributed by atoms with Crippen molar-refractivity contribution in [3.8, 4) is 0 Å². The van der Waals surface area contributed by atoms with Crippen molar-refractivity contribution in [3.63, 3.8) is 0 Å². The van der Waals surface area contributed by atoms with E-state index in [1.165, 1.54) is 0 Å². The molecule has 0 bridgehead atoms. The highest BCUT2D eigenvalue weighted by Gasteiger charge is 2.11. The summed E-state index contributed by atoms with van der Waals surface area (Å²) in [6, 6.07) is 11.3. The molecular formula is C18H22Cl2N4O. The highest BCUT2D eigenvalue weighted by Crippen LogP contribution is 2.21. The molecule has 0 unspecified atom stereocenters. The Bertz CT molecular complexity index is 890. The van der Waals surface area contributed by atoms with Crippen LogP contribution < -0.4 is 11.1 Å². The van der Waals surface area contributed by atoms with E-state index >= 15 is 0 Å². The zero-order chi connectivity index (χ0) is 16.6. The molecular weight excluding hydrogens is 359 g/mol.